The third-order valence-electron chi connectivity index (χ3n) is 3.67. The van der Waals surface area contributed by atoms with Gasteiger partial charge in [0.15, 0.2) is 5.82 Å². The van der Waals surface area contributed by atoms with E-state index >= 15 is 0 Å². The van der Waals surface area contributed by atoms with Crippen LogP contribution in [0.2, 0.25) is 0 Å². The summed E-state index contributed by atoms with van der Waals surface area (Å²) in [6.07, 6.45) is 1.67. The number of primary amides is 1. The predicted octanol–water partition coefficient (Wildman–Crippen LogP) is 0.667. The second-order valence-corrected chi connectivity index (χ2v) is 4.91. The van der Waals surface area contributed by atoms with Gasteiger partial charge in [-0.3, -0.25) is 4.79 Å². The van der Waals surface area contributed by atoms with Crippen LogP contribution in [-0.4, -0.2) is 29.2 Å². The molecule has 1 saturated heterocycles. The smallest absolute Gasteiger partial charge is 0.222 e. The van der Waals surface area contributed by atoms with Gasteiger partial charge in [0, 0.05) is 13.1 Å². The van der Waals surface area contributed by atoms with Gasteiger partial charge < -0.3 is 10.6 Å². The topological polar surface area (TPSA) is 95.9 Å². The van der Waals surface area contributed by atoms with Gasteiger partial charge in [-0.2, -0.15) is 10.4 Å². The van der Waals surface area contributed by atoms with Gasteiger partial charge in [0.1, 0.15) is 11.6 Å². The molecule has 1 fully saturated rings. The molecule has 1 amide bonds. The highest BCUT2D eigenvalue weighted by atomic mass is 16.1. The second-order valence-electron chi connectivity index (χ2n) is 4.91. The van der Waals surface area contributed by atoms with Gasteiger partial charge in [-0.1, -0.05) is 0 Å². The molecule has 0 saturated carbocycles. The standard InChI is InChI=1S/C13H17N5O/c1-8-9(2)16-17-13(11(8)6-14)18-5-3-4-10(7-18)12(15)19/h10H,3-5,7H2,1-2H3,(H2,15,19). The van der Waals surface area contributed by atoms with Crippen molar-refractivity contribution >= 4 is 11.7 Å². The maximum Gasteiger partial charge on any atom is 0.222 e. The van der Waals surface area contributed by atoms with Crippen molar-refractivity contribution in [1.29, 1.82) is 5.26 Å². The van der Waals surface area contributed by atoms with Crippen LogP contribution in [0.25, 0.3) is 0 Å². The number of anilines is 1. The van der Waals surface area contributed by atoms with Gasteiger partial charge in [-0.25, -0.2) is 0 Å². The first-order valence-electron chi connectivity index (χ1n) is 6.32. The fourth-order valence-corrected chi connectivity index (χ4v) is 2.35. The van der Waals surface area contributed by atoms with Crippen LogP contribution in [0.15, 0.2) is 0 Å². The zero-order valence-electron chi connectivity index (χ0n) is 11.2. The van der Waals surface area contributed by atoms with E-state index in [9.17, 15) is 10.1 Å². The molecule has 19 heavy (non-hydrogen) atoms. The summed E-state index contributed by atoms with van der Waals surface area (Å²) in [7, 11) is 0. The van der Waals surface area contributed by atoms with E-state index in [-0.39, 0.29) is 11.8 Å². The van der Waals surface area contributed by atoms with Gasteiger partial charge in [0.2, 0.25) is 5.91 Å². The number of nitrogens with zero attached hydrogens (tertiary/aromatic N) is 4. The third kappa shape index (κ3) is 2.50. The minimum absolute atomic E-state index is 0.177. The van der Waals surface area contributed by atoms with E-state index in [2.05, 4.69) is 16.3 Å². The summed E-state index contributed by atoms with van der Waals surface area (Å²) in [6, 6.07) is 2.19. The molecule has 1 aliphatic heterocycles. The number of aryl methyl sites for hydroxylation is 1. The Morgan fingerprint density at radius 2 is 2.21 bits per heavy atom. The largest absolute Gasteiger partial charge is 0.369 e. The molecule has 2 N–H and O–H groups in total. The molecule has 2 heterocycles. The molecule has 0 aliphatic carbocycles. The molecule has 1 atom stereocenters. The number of carbonyl (C=O) groups excluding carboxylic acids is 1. The number of carbonyl (C=O) groups is 1. The molecule has 6 heteroatoms. The molecule has 1 aromatic heterocycles. The normalized spacial score (nSPS) is 19.0. The molecule has 6 nitrogen and oxygen atoms in total. The van der Waals surface area contributed by atoms with Crippen LogP contribution in [-0.2, 0) is 4.79 Å². The van der Waals surface area contributed by atoms with Crippen molar-refractivity contribution in [3.05, 3.63) is 16.8 Å². The summed E-state index contributed by atoms with van der Waals surface area (Å²) in [5, 5.41) is 17.5. The Kier molecular flexibility index (Phi) is 3.65. The summed E-state index contributed by atoms with van der Waals surface area (Å²) in [5.74, 6) is 0.0975. The minimum atomic E-state index is -0.292. The maximum absolute atomic E-state index is 11.3. The SMILES string of the molecule is Cc1nnc(N2CCCC(C(N)=O)C2)c(C#N)c1C. The zero-order valence-corrected chi connectivity index (χ0v) is 11.2. The lowest BCUT2D eigenvalue weighted by Gasteiger charge is -2.32. The van der Waals surface area contributed by atoms with Crippen LogP contribution < -0.4 is 10.6 Å². The average molecular weight is 259 g/mol. The number of aromatic nitrogens is 2. The van der Waals surface area contributed by atoms with E-state index in [1.807, 2.05) is 18.7 Å². The van der Waals surface area contributed by atoms with E-state index in [1.165, 1.54) is 0 Å². The van der Waals surface area contributed by atoms with Crippen molar-refractivity contribution in [2.24, 2.45) is 11.7 Å². The molecule has 1 unspecified atom stereocenters. The van der Waals surface area contributed by atoms with E-state index in [0.717, 1.165) is 30.6 Å². The van der Waals surface area contributed by atoms with Crippen LogP contribution in [0.1, 0.15) is 29.7 Å². The molecule has 0 bridgehead atoms. The van der Waals surface area contributed by atoms with Gasteiger partial charge >= 0.3 is 0 Å². The van der Waals surface area contributed by atoms with E-state index < -0.39 is 0 Å². The lowest BCUT2D eigenvalue weighted by molar-refractivity contribution is -0.122. The Balaban J connectivity index is 2.34. The molecule has 0 radical (unpaired) electrons. The first-order valence-corrected chi connectivity index (χ1v) is 6.32. The predicted molar refractivity (Wildman–Crippen MR) is 70.4 cm³/mol. The van der Waals surface area contributed by atoms with Gasteiger partial charge in [-0.15, -0.1) is 5.10 Å². The lowest BCUT2D eigenvalue weighted by atomic mass is 9.97. The molecule has 0 aromatic carbocycles. The fourth-order valence-electron chi connectivity index (χ4n) is 2.35. The van der Waals surface area contributed by atoms with Crippen molar-refractivity contribution < 1.29 is 4.79 Å². The highest BCUT2D eigenvalue weighted by Gasteiger charge is 2.27. The Hall–Kier alpha value is -2.16. The van der Waals surface area contributed by atoms with Crippen LogP contribution in [0.5, 0.6) is 0 Å². The molecule has 2 rings (SSSR count). The third-order valence-corrected chi connectivity index (χ3v) is 3.67. The van der Waals surface area contributed by atoms with E-state index in [1.54, 1.807) is 0 Å². The van der Waals surface area contributed by atoms with Gasteiger partial charge in [0.05, 0.1) is 11.6 Å². The highest BCUT2D eigenvalue weighted by molar-refractivity contribution is 5.77. The lowest BCUT2D eigenvalue weighted by Crippen LogP contribution is -2.42. The number of amides is 1. The Labute approximate surface area is 112 Å². The molecule has 100 valence electrons. The highest BCUT2D eigenvalue weighted by Crippen LogP contribution is 2.26. The van der Waals surface area contributed by atoms with Gasteiger partial charge in [-0.05, 0) is 32.3 Å². The van der Waals surface area contributed by atoms with Crippen molar-refractivity contribution in [1.82, 2.24) is 10.2 Å². The van der Waals surface area contributed by atoms with Crippen molar-refractivity contribution in [2.45, 2.75) is 26.7 Å². The first-order chi connectivity index (χ1) is 9.04. The summed E-state index contributed by atoms with van der Waals surface area (Å²) in [5.41, 5.74) is 7.50. The molecular weight excluding hydrogens is 242 g/mol. The monoisotopic (exact) mass is 259 g/mol. The fraction of sp³-hybridized carbons (Fsp3) is 0.538. The van der Waals surface area contributed by atoms with Crippen LogP contribution in [0, 0.1) is 31.1 Å². The minimum Gasteiger partial charge on any atom is -0.369 e. The number of rotatable bonds is 2. The zero-order chi connectivity index (χ0) is 14.0. The van der Waals surface area contributed by atoms with Crippen molar-refractivity contribution in [2.75, 3.05) is 18.0 Å². The first kappa shape index (κ1) is 13.3. The van der Waals surface area contributed by atoms with Gasteiger partial charge in [0.25, 0.3) is 0 Å². The molecular formula is C13H17N5O. The van der Waals surface area contributed by atoms with E-state index in [0.29, 0.717) is 17.9 Å². The van der Waals surface area contributed by atoms with Crippen molar-refractivity contribution in [3.8, 4) is 6.07 Å². The number of hydrogen-bond acceptors (Lipinski definition) is 5. The Morgan fingerprint density at radius 3 is 2.84 bits per heavy atom. The number of piperidine rings is 1. The summed E-state index contributed by atoms with van der Waals surface area (Å²) >= 11 is 0. The number of nitriles is 1. The van der Waals surface area contributed by atoms with Crippen molar-refractivity contribution in [3.63, 3.8) is 0 Å². The Bertz CT molecular complexity index is 549. The van der Waals surface area contributed by atoms with Crippen LogP contribution in [0.4, 0.5) is 5.82 Å². The molecule has 1 aromatic rings. The Morgan fingerprint density at radius 1 is 1.47 bits per heavy atom. The number of nitrogens with two attached hydrogens (primary N) is 1. The quantitative estimate of drug-likeness (QED) is 0.842. The number of hydrogen-bond donors (Lipinski definition) is 1. The van der Waals surface area contributed by atoms with Crippen LogP contribution >= 0.6 is 0 Å². The summed E-state index contributed by atoms with van der Waals surface area (Å²) < 4.78 is 0. The molecule has 0 spiro atoms. The second kappa shape index (κ2) is 5.22. The summed E-state index contributed by atoms with van der Waals surface area (Å²) in [4.78, 5) is 13.2. The van der Waals surface area contributed by atoms with Crippen LogP contribution in [0.3, 0.4) is 0 Å². The summed E-state index contributed by atoms with van der Waals surface area (Å²) in [6.45, 7) is 4.98. The molecule has 1 aliphatic rings. The maximum atomic E-state index is 11.3. The average Bonchev–Trinajstić information content (AvgIpc) is 2.41. The van der Waals surface area contributed by atoms with E-state index in [4.69, 9.17) is 5.73 Å².